The zero-order chi connectivity index (χ0) is 14.5. The lowest BCUT2D eigenvalue weighted by Crippen LogP contribution is -2.30. The molecule has 3 nitrogen and oxygen atoms in total. The molecule has 1 aliphatic heterocycles. The highest BCUT2D eigenvalue weighted by molar-refractivity contribution is 5.48. The summed E-state index contributed by atoms with van der Waals surface area (Å²) in [6.07, 6.45) is 2.13. The van der Waals surface area contributed by atoms with Gasteiger partial charge in [-0.1, -0.05) is 30.3 Å². The molecule has 21 heavy (non-hydrogen) atoms. The van der Waals surface area contributed by atoms with E-state index in [1.807, 2.05) is 30.3 Å². The van der Waals surface area contributed by atoms with Crippen molar-refractivity contribution in [2.75, 3.05) is 11.9 Å². The second-order valence-corrected chi connectivity index (χ2v) is 5.32. The van der Waals surface area contributed by atoms with Crippen LogP contribution in [0.15, 0.2) is 54.6 Å². The van der Waals surface area contributed by atoms with Crippen LogP contribution in [0.3, 0.4) is 0 Å². The molecule has 1 fully saturated rings. The minimum absolute atomic E-state index is 0.163. The number of hydrogen-bond acceptors (Lipinski definition) is 3. The lowest BCUT2D eigenvalue weighted by molar-refractivity contribution is 0.00980. The summed E-state index contributed by atoms with van der Waals surface area (Å²) in [4.78, 5) is 0. The summed E-state index contributed by atoms with van der Waals surface area (Å²) in [5, 5.41) is 12.4. The highest BCUT2D eigenvalue weighted by Crippen LogP contribution is 2.29. The summed E-state index contributed by atoms with van der Waals surface area (Å²) in [5.41, 5.74) is 2.99. The molecule has 3 heteroatoms. The molecule has 1 saturated heterocycles. The van der Waals surface area contributed by atoms with Gasteiger partial charge >= 0.3 is 0 Å². The van der Waals surface area contributed by atoms with Gasteiger partial charge < -0.3 is 10.1 Å². The lowest BCUT2D eigenvalue weighted by Gasteiger charge is -2.31. The fourth-order valence-electron chi connectivity index (χ4n) is 2.70. The third-order valence-corrected chi connectivity index (χ3v) is 3.84. The monoisotopic (exact) mass is 278 g/mol. The standard InChI is InChI=1S/C18H18N2O/c19-13-14-6-8-16(9-7-14)20-17-10-11-21-18(12-17)15-4-2-1-3-5-15/h1-9,17-18,20H,10-12H2/t17-,18+/m0/s1. The van der Waals surface area contributed by atoms with E-state index in [4.69, 9.17) is 10.00 Å². The van der Waals surface area contributed by atoms with Crippen molar-refractivity contribution in [2.24, 2.45) is 0 Å². The Hall–Kier alpha value is -2.31. The summed E-state index contributed by atoms with van der Waals surface area (Å²) in [6.45, 7) is 0.771. The van der Waals surface area contributed by atoms with Gasteiger partial charge in [0, 0.05) is 18.3 Å². The largest absolute Gasteiger partial charge is 0.382 e. The number of benzene rings is 2. The molecule has 0 radical (unpaired) electrons. The third-order valence-electron chi connectivity index (χ3n) is 3.84. The summed E-state index contributed by atoms with van der Waals surface area (Å²) in [6, 6.07) is 20.5. The van der Waals surface area contributed by atoms with Gasteiger partial charge in [-0.2, -0.15) is 5.26 Å². The summed E-state index contributed by atoms with van der Waals surface area (Å²) in [7, 11) is 0. The molecule has 3 rings (SSSR count). The van der Waals surface area contributed by atoms with Gasteiger partial charge in [0.25, 0.3) is 0 Å². The van der Waals surface area contributed by atoms with E-state index in [9.17, 15) is 0 Å². The van der Waals surface area contributed by atoms with E-state index in [1.165, 1.54) is 5.56 Å². The molecular weight excluding hydrogens is 260 g/mol. The zero-order valence-electron chi connectivity index (χ0n) is 11.8. The van der Waals surface area contributed by atoms with Gasteiger partial charge in [-0.05, 0) is 42.7 Å². The predicted octanol–water partition coefficient (Wildman–Crippen LogP) is 3.89. The van der Waals surface area contributed by atoms with Crippen LogP contribution in [-0.4, -0.2) is 12.6 Å². The van der Waals surface area contributed by atoms with E-state index in [1.54, 1.807) is 0 Å². The van der Waals surface area contributed by atoms with Crippen molar-refractivity contribution in [3.05, 3.63) is 65.7 Å². The summed E-state index contributed by atoms with van der Waals surface area (Å²) < 4.78 is 5.89. The number of ether oxygens (including phenoxy) is 1. The number of nitrogens with one attached hydrogen (secondary N) is 1. The first-order valence-electron chi connectivity index (χ1n) is 7.28. The second kappa shape index (κ2) is 6.43. The van der Waals surface area contributed by atoms with Crippen LogP contribution in [0.5, 0.6) is 0 Å². The van der Waals surface area contributed by atoms with Gasteiger partial charge in [0.05, 0.1) is 17.7 Å². The Balaban J connectivity index is 1.64. The zero-order valence-corrected chi connectivity index (χ0v) is 11.8. The fourth-order valence-corrected chi connectivity index (χ4v) is 2.70. The van der Waals surface area contributed by atoms with Gasteiger partial charge in [0.15, 0.2) is 0 Å². The summed E-state index contributed by atoms with van der Waals surface area (Å²) in [5.74, 6) is 0. The molecule has 1 aliphatic rings. The van der Waals surface area contributed by atoms with Crippen molar-refractivity contribution in [3.8, 4) is 6.07 Å². The molecular formula is C18H18N2O. The Labute approximate surface area is 125 Å². The maximum Gasteiger partial charge on any atom is 0.0991 e. The molecule has 0 aromatic heterocycles. The van der Waals surface area contributed by atoms with E-state index in [-0.39, 0.29) is 6.10 Å². The Morgan fingerprint density at radius 3 is 2.52 bits per heavy atom. The smallest absolute Gasteiger partial charge is 0.0991 e. The first-order chi connectivity index (χ1) is 10.3. The van der Waals surface area contributed by atoms with E-state index < -0.39 is 0 Å². The quantitative estimate of drug-likeness (QED) is 0.926. The van der Waals surface area contributed by atoms with Crippen LogP contribution >= 0.6 is 0 Å². The van der Waals surface area contributed by atoms with Crippen LogP contribution in [-0.2, 0) is 4.74 Å². The minimum atomic E-state index is 0.163. The van der Waals surface area contributed by atoms with E-state index >= 15 is 0 Å². The lowest BCUT2D eigenvalue weighted by atomic mass is 9.97. The summed E-state index contributed by atoms with van der Waals surface area (Å²) >= 11 is 0. The molecule has 1 heterocycles. The molecule has 2 aromatic rings. The van der Waals surface area contributed by atoms with Crippen molar-refractivity contribution >= 4 is 5.69 Å². The van der Waals surface area contributed by atoms with Gasteiger partial charge in [-0.25, -0.2) is 0 Å². The molecule has 0 spiro atoms. The van der Waals surface area contributed by atoms with Crippen molar-refractivity contribution in [1.29, 1.82) is 5.26 Å². The molecule has 106 valence electrons. The molecule has 0 amide bonds. The topological polar surface area (TPSA) is 45.0 Å². The number of hydrogen-bond donors (Lipinski definition) is 1. The molecule has 2 aromatic carbocycles. The van der Waals surface area contributed by atoms with Crippen LogP contribution in [0, 0.1) is 11.3 Å². The number of rotatable bonds is 3. The number of anilines is 1. The van der Waals surface area contributed by atoms with Crippen molar-refractivity contribution in [1.82, 2.24) is 0 Å². The maximum atomic E-state index is 8.82. The molecule has 0 saturated carbocycles. The van der Waals surface area contributed by atoms with E-state index in [0.717, 1.165) is 25.1 Å². The average Bonchev–Trinajstić information content (AvgIpc) is 2.57. The molecule has 1 N–H and O–H groups in total. The SMILES string of the molecule is N#Cc1ccc(N[C@H]2CCO[C@@H](c3ccccc3)C2)cc1. The fraction of sp³-hybridized carbons (Fsp3) is 0.278. The van der Waals surface area contributed by atoms with Gasteiger partial charge in [0.1, 0.15) is 0 Å². The van der Waals surface area contributed by atoms with Gasteiger partial charge in [-0.3, -0.25) is 0 Å². The number of nitrogens with zero attached hydrogens (tertiary/aromatic N) is 1. The highest BCUT2D eigenvalue weighted by atomic mass is 16.5. The van der Waals surface area contributed by atoms with E-state index in [0.29, 0.717) is 11.6 Å². The average molecular weight is 278 g/mol. The predicted molar refractivity (Wildman–Crippen MR) is 82.9 cm³/mol. The Kier molecular flexibility index (Phi) is 4.18. The van der Waals surface area contributed by atoms with Crippen LogP contribution < -0.4 is 5.32 Å². The van der Waals surface area contributed by atoms with Crippen LogP contribution in [0.1, 0.15) is 30.1 Å². The molecule has 2 atom stereocenters. The van der Waals surface area contributed by atoms with Crippen molar-refractivity contribution in [2.45, 2.75) is 25.0 Å². The van der Waals surface area contributed by atoms with Gasteiger partial charge in [-0.15, -0.1) is 0 Å². The highest BCUT2D eigenvalue weighted by Gasteiger charge is 2.23. The van der Waals surface area contributed by atoms with Crippen molar-refractivity contribution < 1.29 is 4.74 Å². The normalized spacial score (nSPS) is 21.5. The maximum absolute atomic E-state index is 8.82. The minimum Gasteiger partial charge on any atom is -0.382 e. The van der Waals surface area contributed by atoms with Crippen molar-refractivity contribution in [3.63, 3.8) is 0 Å². The Morgan fingerprint density at radius 2 is 1.81 bits per heavy atom. The van der Waals surface area contributed by atoms with Gasteiger partial charge in [0.2, 0.25) is 0 Å². The Bertz CT molecular complexity index is 616. The Morgan fingerprint density at radius 1 is 1.05 bits per heavy atom. The second-order valence-electron chi connectivity index (χ2n) is 5.32. The first kappa shape index (κ1) is 13.7. The molecule has 0 unspecified atom stereocenters. The third kappa shape index (κ3) is 3.42. The molecule has 0 aliphatic carbocycles. The van der Waals surface area contributed by atoms with Crippen LogP contribution in [0.2, 0.25) is 0 Å². The van der Waals surface area contributed by atoms with Crippen LogP contribution in [0.4, 0.5) is 5.69 Å². The first-order valence-corrected chi connectivity index (χ1v) is 7.28. The number of nitriles is 1. The van der Waals surface area contributed by atoms with Crippen LogP contribution in [0.25, 0.3) is 0 Å². The molecule has 0 bridgehead atoms. The van der Waals surface area contributed by atoms with E-state index in [2.05, 4.69) is 35.7 Å².